The molecular weight excluding hydrogens is 338 g/mol. The molecule has 144 valence electrons. The lowest BCUT2D eigenvalue weighted by Gasteiger charge is -2.28. The van der Waals surface area contributed by atoms with Crippen LogP contribution >= 0.6 is 0 Å². The number of nitrogens with one attached hydrogen (secondary N) is 1. The van der Waals surface area contributed by atoms with Crippen LogP contribution in [0.3, 0.4) is 0 Å². The summed E-state index contributed by atoms with van der Waals surface area (Å²) in [4.78, 5) is 12.6. The zero-order chi connectivity index (χ0) is 18.7. The lowest BCUT2D eigenvalue weighted by atomic mass is 10.0. The van der Waals surface area contributed by atoms with Gasteiger partial charge in [0.15, 0.2) is 12.1 Å². The van der Waals surface area contributed by atoms with E-state index in [1.807, 2.05) is 44.2 Å². The molecule has 2 saturated heterocycles. The van der Waals surface area contributed by atoms with Gasteiger partial charge in [-0.15, -0.1) is 0 Å². The van der Waals surface area contributed by atoms with Crippen molar-refractivity contribution >= 4 is 5.97 Å². The maximum atomic E-state index is 12.6. The number of hydrogen-bond donors (Lipinski definition) is 1. The highest BCUT2D eigenvalue weighted by Gasteiger charge is 2.58. The van der Waals surface area contributed by atoms with Crippen molar-refractivity contribution in [2.75, 3.05) is 13.7 Å². The first kappa shape index (κ1) is 19.3. The van der Waals surface area contributed by atoms with E-state index < -0.39 is 36.4 Å². The third kappa shape index (κ3) is 4.07. The number of fused-ring (bicyclic) bond motifs is 1. The summed E-state index contributed by atoms with van der Waals surface area (Å²) in [5.41, 5.74) is 1.06. The molecule has 5 atom stereocenters. The van der Waals surface area contributed by atoms with Crippen LogP contribution in [0.4, 0.5) is 0 Å². The fourth-order valence-corrected chi connectivity index (χ4v) is 3.44. The van der Waals surface area contributed by atoms with E-state index in [-0.39, 0.29) is 5.97 Å². The summed E-state index contributed by atoms with van der Waals surface area (Å²) in [6.07, 6.45) is -1.99. The lowest BCUT2D eigenvalue weighted by Crippen LogP contribution is -2.51. The Kier molecular flexibility index (Phi) is 5.94. The van der Waals surface area contributed by atoms with E-state index in [0.717, 1.165) is 5.56 Å². The molecule has 7 heteroatoms. The van der Waals surface area contributed by atoms with E-state index in [2.05, 4.69) is 5.32 Å². The zero-order valence-corrected chi connectivity index (χ0v) is 15.6. The molecule has 3 rings (SSSR count). The Labute approximate surface area is 153 Å². The van der Waals surface area contributed by atoms with Crippen molar-refractivity contribution in [3.63, 3.8) is 0 Å². The molecule has 0 bridgehead atoms. The summed E-state index contributed by atoms with van der Waals surface area (Å²) in [5, 5.41) is 3.26. The smallest absolute Gasteiger partial charge is 0.325 e. The van der Waals surface area contributed by atoms with E-state index in [1.165, 1.54) is 0 Å². The molecule has 1 aromatic rings. The molecule has 0 spiro atoms. The maximum absolute atomic E-state index is 12.6. The highest BCUT2D eigenvalue weighted by molar-refractivity contribution is 5.76. The minimum atomic E-state index is -0.757. The van der Waals surface area contributed by atoms with Gasteiger partial charge in [-0.05, 0) is 26.3 Å². The van der Waals surface area contributed by atoms with Gasteiger partial charge < -0.3 is 23.7 Å². The number of hydrogen-bond acceptors (Lipinski definition) is 7. The number of benzene rings is 1. The average molecular weight is 365 g/mol. The van der Waals surface area contributed by atoms with Crippen LogP contribution < -0.4 is 5.32 Å². The van der Waals surface area contributed by atoms with Gasteiger partial charge >= 0.3 is 5.97 Å². The number of ether oxygens (including phenoxy) is 5. The van der Waals surface area contributed by atoms with Gasteiger partial charge in [-0.2, -0.15) is 0 Å². The Balaban J connectivity index is 1.78. The minimum Gasteiger partial charge on any atom is -0.465 e. The Hall–Kier alpha value is -1.51. The Morgan fingerprint density at radius 3 is 2.58 bits per heavy atom. The van der Waals surface area contributed by atoms with Crippen LogP contribution in [0.2, 0.25) is 0 Å². The predicted molar refractivity (Wildman–Crippen MR) is 93.2 cm³/mol. The van der Waals surface area contributed by atoms with Crippen LogP contribution in [0.1, 0.15) is 26.3 Å². The van der Waals surface area contributed by atoms with Crippen LogP contribution in [0.5, 0.6) is 0 Å². The van der Waals surface area contributed by atoms with Crippen molar-refractivity contribution in [3.05, 3.63) is 35.9 Å². The van der Waals surface area contributed by atoms with Crippen LogP contribution in [0.25, 0.3) is 0 Å². The van der Waals surface area contributed by atoms with E-state index in [0.29, 0.717) is 13.2 Å². The molecule has 0 aromatic heterocycles. The van der Waals surface area contributed by atoms with E-state index in [4.69, 9.17) is 23.7 Å². The molecule has 2 fully saturated rings. The summed E-state index contributed by atoms with van der Waals surface area (Å²) in [7, 11) is 1.55. The summed E-state index contributed by atoms with van der Waals surface area (Å²) in [6.45, 7) is 6.25. The fraction of sp³-hybridized carbons (Fsp3) is 0.632. The molecule has 7 nitrogen and oxygen atoms in total. The summed E-state index contributed by atoms with van der Waals surface area (Å²) >= 11 is 0. The fourth-order valence-electron chi connectivity index (χ4n) is 3.44. The molecule has 0 aliphatic carbocycles. The van der Waals surface area contributed by atoms with Crippen molar-refractivity contribution in [1.82, 2.24) is 5.32 Å². The minimum absolute atomic E-state index is 0.291. The second-order valence-electron chi connectivity index (χ2n) is 6.87. The Morgan fingerprint density at radius 1 is 1.23 bits per heavy atom. The topological polar surface area (TPSA) is 75.3 Å². The third-order valence-corrected chi connectivity index (χ3v) is 4.52. The normalized spacial score (nSPS) is 30.8. The molecule has 0 saturated carbocycles. The van der Waals surface area contributed by atoms with Gasteiger partial charge in [-0.25, -0.2) is 0 Å². The largest absolute Gasteiger partial charge is 0.465 e. The van der Waals surface area contributed by atoms with Gasteiger partial charge in [0.25, 0.3) is 0 Å². The molecule has 26 heavy (non-hydrogen) atoms. The molecule has 1 N–H and O–H groups in total. The van der Waals surface area contributed by atoms with Gasteiger partial charge in [-0.1, -0.05) is 30.3 Å². The second-order valence-corrected chi connectivity index (χ2v) is 6.87. The van der Waals surface area contributed by atoms with Gasteiger partial charge in [0, 0.05) is 13.7 Å². The van der Waals surface area contributed by atoms with Crippen molar-refractivity contribution in [2.45, 2.75) is 63.7 Å². The first-order valence-corrected chi connectivity index (χ1v) is 8.93. The number of esters is 1. The molecule has 2 aliphatic rings. The van der Waals surface area contributed by atoms with Crippen LogP contribution in [-0.4, -0.2) is 56.1 Å². The van der Waals surface area contributed by atoms with E-state index in [9.17, 15) is 4.79 Å². The van der Waals surface area contributed by atoms with Crippen molar-refractivity contribution in [3.8, 4) is 0 Å². The zero-order valence-electron chi connectivity index (χ0n) is 15.6. The standard InChI is InChI=1S/C19H27NO6/c1-5-23-17(21)13(20-11-12-9-7-6-8-10-12)14-15-16(18(22-4)24-14)26-19(2,3)25-15/h6-10,13-16,18,20H,5,11H2,1-4H3/t13?,14-,15-,16-,18-/m1/s1. The Morgan fingerprint density at radius 2 is 1.92 bits per heavy atom. The van der Waals surface area contributed by atoms with Crippen LogP contribution in [-0.2, 0) is 35.0 Å². The molecule has 0 radical (unpaired) electrons. The molecule has 1 aromatic carbocycles. The number of methoxy groups -OCH3 is 1. The first-order valence-electron chi connectivity index (χ1n) is 8.93. The van der Waals surface area contributed by atoms with Gasteiger partial charge in [0.2, 0.25) is 0 Å². The van der Waals surface area contributed by atoms with E-state index in [1.54, 1.807) is 14.0 Å². The third-order valence-electron chi connectivity index (χ3n) is 4.52. The monoisotopic (exact) mass is 365 g/mol. The number of carbonyl (C=O) groups is 1. The average Bonchev–Trinajstić information content (AvgIpc) is 3.10. The van der Waals surface area contributed by atoms with Crippen LogP contribution in [0, 0.1) is 0 Å². The highest BCUT2D eigenvalue weighted by atomic mass is 16.8. The summed E-state index contributed by atoms with van der Waals surface area (Å²) in [5.74, 6) is -1.13. The summed E-state index contributed by atoms with van der Waals surface area (Å²) in [6, 6.07) is 9.14. The quantitative estimate of drug-likeness (QED) is 0.736. The SMILES string of the molecule is CCOC(=O)C(NCc1ccccc1)[C@H]1O[C@@H](OC)[C@@H]2OC(C)(C)O[C@@H]21. The highest BCUT2D eigenvalue weighted by Crippen LogP contribution is 2.40. The number of rotatable bonds is 7. The van der Waals surface area contributed by atoms with Crippen molar-refractivity contribution < 1.29 is 28.5 Å². The Bertz CT molecular complexity index is 607. The predicted octanol–water partition coefficient (Wildman–Crippen LogP) is 1.60. The van der Waals surface area contributed by atoms with Crippen molar-refractivity contribution in [1.29, 1.82) is 0 Å². The molecule has 0 amide bonds. The van der Waals surface area contributed by atoms with Gasteiger partial charge in [0.05, 0.1) is 6.61 Å². The molecular formula is C19H27NO6. The van der Waals surface area contributed by atoms with E-state index >= 15 is 0 Å². The lowest BCUT2D eigenvalue weighted by molar-refractivity contribution is -0.231. The molecule has 2 heterocycles. The second kappa shape index (κ2) is 8.02. The maximum Gasteiger partial charge on any atom is 0.325 e. The number of carbonyl (C=O) groups excluding carboxylic acids is 1. The molecule has 1 unspecified atom stereocenters. The van der Waals surface area contributed by atoms with Crippen LogP contribution in [0.15, 0.2) is 30.3 Å². The van der Waals surface area contributed by atoms with Gasteiger partial charge in [-0.3, -0.25) is 10.1 Å². The first-order chi connectivity index (χ1) is 12.4. The van der Waals surface area contributed by atoms with Crippen molar-refractivity contribution in [2.24, 2.45) is 0 Å². The summed E-state index contributed by atoms with van der Waals surface area (Å²) < 4.78 is 28.5. The van der Waals surface area contributed by atoms with Gasteiger partial charge in [0.1, 0.15) is 24.4 Å². The molecule has 2 aliphatic heterocycles.